The third-order valence-corrected chi connectivity index (χ3v) is 3.71. The van der Waals surface area contributed by atoms with Crippen LogP contribution in [-0.4, -0.2) is 11.1 Å². The number of carboxylic acid groups (broad SMARTS) is 1. The number of aromatic carboxylic acids is 1. The highest BCUT2D eigenvalue weighted by atomic mass is 16.5. The second-order valence-electron chi connectivity index (χ2n) is 5.04. The van der Waals surface area contributed by atoms with Crippen LogP contribution < -0.4 is 0 Å². The van der Waals surface area contributed by atoms with Crippen LogP contribution in [-0.2, 0) is 17.8 Å². The summed E-state index contributed by atoms with van der Waals surface area (Å²) < 4.78 is 5.96. The normalized spacial score (nSPS) is 16.9. The Kier molecular flexibility index (Phi) is 3.52. The lowest BCUT2D eigenvalue weighted by Gasteiger charge is -2.13. The summed E-state index contributed by atoms with van der Waals surface area (Å²) in [7, 11) is 0. The first-order valence-corrected chi connectivity index (χ1v) is 6.75. The van der Waals surface area contributed by atoms with Crippen LogP contribution in [0.2, 0.25) is 0 Å². The molecule has 1 aliphatic rings. The largest absolute Gasteiger partial charge is 0.478 e. The van der Waals surface area contributed by atoms with Gasteiger partial charge in [0.15, 0.2) is 0 Å². The van der Waals surface area contributed by atoms with E-state index in [0.717, 1.165) is 24.0 Å². The molecule has 1 atom stereocenters. The highest BCUT2D eigenvalue weighted by Crippen LogP contribution is 2.35. The molecule has 3 nitrogen and oxygen atoms in total. The van der Waals surface area contributed by atoms with Gasteiger partial charge in [-0.25, -0.2) is 4.79 Å². The van der Waals surface area contributed by atoms with Gasteiger partial charge >= 0.3 is 5.97 Å². The van der Waals surface area contributed by atoms with Gasteiger partial charge in [-0.3, -0.25) is 0 Å². The Morgan fingerprint density at radius 3 is 2.75 bits per heavy atom. The van der Waals surface area contributed by atoms with Gasteiger partial charge in [-0.2, -0.15) is 0 Å². The van der Waals surface area contributed by atoms with E-state index in [2.05, 4.69) is 0 Å². The minimum absolute atomic E-state index is 0.00417. The first-order valence-electron chi connectivity index (χ1n) is 6.75. The lowest BCUT2D eigenvalue weighted by atomic mass is 10.1. The average molecular weight is 268 g/mol. The summed E-state index contributed by atoms with van der Waals surface area (Å²) >= 11 is 0. The van der Waals surface area contributed by atoms with Gasteiger partial charge < -0.3 is 9.84 Å². The predicted octanol–water partition coefficient (Wildman–Crippen LogP) is 3.59. The SMILES string of the molecule is O=C(O)c1ccc2c(c1)C(OCc1ccccc1)CC2. The van der Waals surface area contributed by atoms with Crippen molar-refractivity contribution in [2.24, 2.45) is 0 Å². The maximum atomic E-state index is 11.0. The number of benzene rings is 2. The molecule has 20 heavy (non-hydrogen) atoms. The van der Waals surface area contributed by atoms with Crippen molar-refractivity contribution in [1.82, 2.24) is 0 Å². The molecule has 1 aliphatic carbocycles. The van der Waals surface area contributed by atoms with Gasteiger partial charge in [0, 0.05) is 0 Å². The molecule has 0 radical (unpaired) electrons. The van der Waals surface area contributed by atoms with Crippen molar-refractivity contribution in [2.75, 3.05) is 0 Å². The molecule has 1 unspecified atom stereocenters. The van der Waals surface area contributed by atoms with Crippen molar-refractivity contribution in [3.63, 3.8) is 0 Å². The van der Waals surface area contributed by atoms with E-state index in [1.54, 1.807) is 12.1 Å². The molecule has 3 rings (SSSR count). The number of fused-ring (bicyclic) bond motifs is 1. The van der Waals surface area contributed by atoms with Crippen LogP contribution in [0, 0.1) is 0 Å². The number of ether oxygens (including phenoxy) is 1. The molecule has 0 heterocycles. The Hall–Kier alpha value is -2.13. The quantitative estimate of drug-likeness (QED) is 0.921. The lowest BCUT2D eigenvalue weighted by molar-refractivity contribution is 0.0410. The Morgan fingerprint density at radius 1 is 1.20 bits per heavy atom. The molecule has 1 N–H and O–H groups in total. The highest BCUT2D eigenvalue weighted by Gasteiger charge is 2.24. The minimum atomic E-state index is -0.887. The highest BCUT2D eigenvalue weighted by molar-refractivity contribution is 5.88. The molecular formula is C17H16O3. The summed E-state index contributed by atoms with van der Waals surface area (Å²) in [5, 5.41) is 9.07. The van der Waals surface area contributed by atoms with Gasteiger partial charge in [0.1, 0.15) is 0 Å². The number of rotatable bonds is 4. The first-order chi connectivity index (χ1) is 9.74. The van der Waals surface area contributed by atoms with Crippen LogP contribution in [0.5, 0.6) is 0 Å². The summed E-state index contributed by atoms with van der Waals surface area (Å²) in [5.74, 6) is -0.887. The second kappa shape index (κ2) is 5.47. The van der Waals surface area contributed by atoms with Gasteiger partial charge in [-0.15, -0.1) is 0 Å². The fourth-order valence-corrected chi connectivity index (χ4v) is 2.64. The third-order valence-electron chi connectivity index (χ3n) is 3.71. The smallest absolute Gasteiger partial charge is 0.335 e. The molecule has 0 spiro atoms. The molecule has 0 aliphatic heterocycles. The molecule has 0 saturated heterocycles. The zero-order chi connectivity index (χ0) is 13.9. The molecule has 3 heteroatoms. The van der Waals surface area contributed by atoms with Crippen LogP contribution >= 0.6 is 0 Å². The molecule has 102 valence electrons. The maximum Gasteiger partial charge on any atom is 0.335 e. The van der Waals surface area contributed by atoms with Crippen LogP contribution in [0.3, 0.4) is 0 Å². The van der Waals surface area contributed by atoms with Crippen molar-refractivity contribution in [1.29, 1.82) is 0 Å². The Balaban J connectivity index is 1.75. The molecule has 2 aromatic carbocycles. The fourth-order valence-electron chi connectivity index (χ4n) is 2.64. The summed E-state index contributed by atoms with van der Waals surface area (Å²) in [5.41, 5.74) is 3.70. The van der Waals surface area contributed by atoms with E-state index in [9.17, 15) is 4.79 Å². The number of hydrogen-bond acceptors (Lipinski definition) is 2. The van der Waals surface area contributed by atoms with Crippen molar-refractivity contribution in [3.8, 4) is 0 Å². The van der Waals surface area contributed by atoms with Crippen molar-refractivity contribution >= 4 is 5.97 Å². The van der Waals surface area contributed by atoms with Gasteiger partial charge in [0.2, 0.25) is 0 Å². The first kappa shape index (κ1) is 12.9. The average Bonchev–Trinajstić information content (AvgIpc) is 2.88. The van der Waals surface area contributed by atoms with Gasteiger partial charge in [0.25, 0.3) is 0 Å². The Bertz CT molecular complexity index is 619. The second-order valence-corrected chi connectivity index (χ2v) is 5.04. The van der Waals surface area contributed by atoms with Crippen molar-refractivity contribution in [3.05, 3.63) is 70.8 Å². The van der Waals surface area contributed by atoms with E-state index in [1.165, 1.54) is 5.56 Å². The lowest BCUT2D eigenvalue weighted by Crippen LogP contribution is -2.03. The van der Waals surface area contributed by atoms with Crippen LogP contribution in [0.25, 0.3) is 0 Å². The number of aryl methyl sites for hydroxylation is 1. The Labute approximate surface area is 117 Å². The van der Waals surface area contributed by atoms with Gasteiger partial charge in [-0.1, -0.05) is 36.4 Å². The third kappa shape index (κ3) is 2.58. The molecule has 0 bridgehead atoms. The maximum absolute atomic E-state index is 11.0. The van der Waals surface area contributed by atoms with E-state index < -0.39 is 5.97 Å². The van der Waals surface area contributed by atoms with E-state index in [-0.39, 0.29) is 6.10 Å². The van der Waals surface area contributed by atoms with Crippen molar-refractivity contribution in [2.45, 2.75) is 25.6 Å². The summed E-state index contributed by atoms with van der Waals surface area (Å²) in [4.78, 5) is 11.0. The summed E-state index contributed by atoms with van der Waals surface area (Å²) in [6, 6.07) is 15.3. The number of carbonyl (C=O) groups is 1. The molecule has 0 aromatic heterocycles. The summed E-state index contributed by atoms with van der Waals surface area (Å²) in [6.45, 7) is 0.558. The number of carboxylic acids is 1. The monoisotopic (exact) mass is 268 g/mol. The standard InChI is InChI=1S/C17H16O3/c18-17(19)14-7-6-13-8-9-16(15(13)10-14)20-11-12-4-2-1-3-5-12/h1-7,10,16H,8-9,11H2,(H,18,19). The topological polar surface area (TPSA) is 46.5 Å². The zero-order valence-corrected chi connectivity index (χ0v) is 11.1. The van der Waals surface area contributed by atoms with Gasteiger partial charge in [0.05, 0.1) is 18.3 Å². The van der Waals surface area contributed by atoms with E-state index in [0.29, 0.717) is 12.2 Å². The van der Waals surface area contributed by atoms with E-state index >= 15 is 0 Å². The molecule has 0 amide bonds. The van der Waals surface area contributed by atoms with Crippen molar-refractivity contribution < 1.29 is 14.6 Å². The van der Waals surface area contributed by atoms with E-state index in [4.69, 9.17) is 9.84 Å². The Morgan fingerprint density at radius 2 is 2.00 bits per heavy atom. The predicted molar refractivity (Wildman–Crippen MR) is 75.7 cm³/mol. The molecule has 0 saturated carbocycles. The summed E-state index contributed by atoms with van der Waals surface area (Å²) in [6.07, 6.45) is 1.88. The van der Waals surface area contributed by atoms with Crippen LogP contribution in [0.4, 0.5) is 0 Å². The molecule has 2 aromatic rings. The fraction of sp³-hybridized carbons (Fsp3) is 0.235. The molecular weight excluding hydrogens is 252 g/mol. The minimum Gasteiger partial charge on any atom is -0.478 e. The van der Waals surface area contributed by atoms with Crippen LogP contribution in [0.1, 0.15) is 39.6 Å². The zero-order valence-electron chi connectivity index (χ0n) is 11.1. The van der Waals surface area contributed by atoms with Gasteiger partial charge in [-0.05, 0) is 41.7 Å². The van der Waals surface area contributed by atoms with E-state index in [1.807, 2.05) is 36.4 Å². The number of hydrogen-bond donors (Lipinski definition) is 1. The van der Waals surface area contributed by atoms with Crippen LogP contribution in [0.15, 0.2) is 48.5 Å². The molecule has 0 fully saturated rings.